The summed E-state index contributed by atoms with van der Waals surface area (Å²) >= 11 is 3.38. The van der Waals surface area contributed by atoms with Crippen molar-refractivity contribution in [3.8, 4) is 0 Å². The van der Waals surface area contributed by atoms with E-state index >= 15 is 0 Å². The van der Waals surface area contributed by atoms with E-state index < -0.39 is 12.1 Å². The Bertz CT molecular complexity index is 694. The van der Waals surface area contributed by atoms with Crippen molar-refractivity contribution in [1.82, 2.24) is 15.5 Å². The molecule has 0 saturated carbocycles. The molecule has 0 radical (unpaired) electrons. The topological polar surface area (TPSA) is 105 Å². The second-order valence-electron chi connectivity index (χ2n) is 6.74. The zero-order valence-corrected chi connectivity index (χ0v) is 16.0. The zero-order chi connectivity index (χ0) is 18.7. The van der Waals surface area contributed by atoms with E-state index in [0.29, 0.717) is 19.4 Å². The van der Waals surface area contributed by atoms with E-state index in [4.69, 9.17) is 5.73 Å². The van der Waals surface area contributed by atoms with Crippen LogP contribution in [0.5, 0.6) is 0 Å². The first-order valence-electron chi connectivity index (χ1n) is 8.83. The fraction of sp³-hybridized carbons (Fsp3) is 0.500. The highest BCUT2D eigenvalue weighted by molar-refractivity contribution is 9.10. The molecule has 1 aromatic carbocycles. The number of amides is 3. The molecule has 2 fully saturated rings. The van der Waals surface area contributed by atoms with E-state index in [0.717, 1.165) is 22.9 Å². The first-order valence-corrected chi connectivity index (χ1v) is 9.62. The van der Waals surface area contributed by atoms with Gasteiger partial charge in [-0.05, 0) is 43.4 Å². The number of halogens is 1. The second-order valence-corrected chi connectivity index (χ2v) is 7.65. The van der Waals surface area contributed by atoms with Crippen LogP contribution in [0.25, 0.3) is 0 Å². The third-order valence-corrected chi connectivity index (χ3v) is 5.58. The van der Waals surface area contributed by atoms with E-state index in [1.54, 1.807) is 4.90 Å². The summed E-state index contributed by atoms with van der Waals surface area (Å²) in [5.41, 5.74) is 6.31. The third kappa shape index (κ3) is 4.07. The number of rotatable bonds is 5. The summed E-state index contributed by atoms with van der Waals surface area (Å²) in [6, 6.07) is 6.75. The van der Waals surface area contributed by atoms with E-state index in [2.05, 4.69) is 26.6 Å². The molecule has 4 N–H and O–H groups in total. The molecule has 3 rings (SSSR count). The van der Waals surface area contributed by atoms with Gasteiger partial charge < -0.3 is 21.3 Å². The number of hydrogen-bond acceptors (Lipinski definition) is 4. The average Bonchev–Trinajstić information content (AvgIpc) is 3.08. The van der Waals surface area contributed by atoms with Crippen LogP contribution in [-0.2, 0) is 20.9 Å². The Kier molecular flexibility index (Phi) is 5.93. The standard InChI is InChI=1S/C18H23BrN4O3/c19-12-3-1-11(2-4-12)10-21-17(25)15-8-6-13-5-7-14(18(26)23(13)15)22-16(24)9-20/h1-4,13-15H,5-10,20H2,(H,21,25)(H,22,24)/t13?,14-,15?/m0/s1. The van der Waals surface area contributed by atoms with Gasteiger partial charge in [0.1, 0.15) is 12.1 Å². The summed E-state index contributed by atoms with van der Waals surface area (Å²) < 4.78 is 0.982. The zero-order valence-electron chi connectivity index (χ0n) is 14.4. The van der Waals surface area contributed by atoms with E-state index in [9.17, 15) is 14.4 Å². The number of nitrogens with zero attached hydrogens (tertiary/aromatic N) is 1. The summed E-state index contributed by atoms with van der Waals surface area (Å²) in [5, 5.41) is 5.59. The molecule has 3 atom stereocenters. The summed E-state index contributed by atoms with van der Waals surface area (Å²) in [6.45, 7) is 0.271. The van der Waals surface area contributed by atoms with Gasteiger partial charge in [0.2, 0.25) is 17.7 Å². The minimum absolute atomic E-state index is 0.0805. The Balaban J connectivity index is 1.62. The van der Waals surface area contributed by atoms with Gasteiger partial charge in [-0.15, -0.1) is 0 Å². The average molecular weight is 423 g/mol. The number of benzene rings is 1. The maximum Gasteiger partial charge on any atom is 0.246 e. The molecule has 26 heavy (non-hydrogen) atoms. The number of hydrogen-bond donors (Lipinski definition) is 3. The predicted octanol–water partition coefficient (Wildman–Crippen LogP) is 0.662. The van der Waals surface area contributed by atoms with E-state index in [1.165, 1.54) is 0 Å². The Hall–Kier alpha value is -1.93. The number of nitrogens with two attached hydrogens (primary N) is 1. The van der Waals surface area contributed by atoms with Crippen molar-refractivity contribution in [2.45, 2.75) is 50.4 Å². The van der Waals surface area contributed by atoms with Crippen molar-refractivity contribution < 1.29 is 14.4 Å². The van der Waals surface area contributed by atoms with Crippen molar-refractivity contribution in [3.63, 3.8) is 0 Å². The van der Waals surface area contributed by atoms with Crippen LogP contribution >= 0.6 is 15.9 Å². The fourth-order valence-corrected chi connectivity index (χ4v) is 3.98. The highest BCUT2D eigenvalue weighted by Crippen LogP contribution is 2.32. The molecule has 140 valence electrons. The van der Waals surface area contributed by atoms with Crippen LogP contribution in [0.3, 0.4) is 0 Å². The van der Waals surface area contributed by atoms with Gasteiger partial charge in [0.15, 0.2) is 0 Å². The molecule has 0 bridgehead atoms. The van der Waals surface area contributed by atoms with Crippen molar-refractivity contribution in [3.05, 3.63) is 34.3 Å². The molecule has 2 unspecified atom stereocenters. The van der Waals surface area contributed by atoms with Crippen molar-refractivity contribution >= 4 is 33.7 Å². The molecule has 2 aliphatic heterocycles. The molecule has 7 nitrogen and oxygen atoms in total. The lowest BCUT2D eigenvalue weighted by atomic mass is 9.98. The monoisotopic (exact) mass is 422 g/mol. The van der Waals surface area contributed by atoms with Crippen LogP contribution in [0.2, 0.25) is 0 Å². The largest absolute Gasteiger partial charge is 0.350 e. The van der Waals surface area contributed by atoms with Crippen LogP contribution in [0.1, 0.15) is 31.2 Å². The lowest BCUT2D eigenvalue weighted by molar-refractivity contribution is -0.146. The molecule has 2 heterocycles. The lowest BCUT2D eigenvalue weighted by Crippen LogP contribution is -2.59. The molecule has 1 aromatic rings. The molecular formula is C18H23BrN4O3. The number of carbonyl (C=O) groups excluding carboxylic acids is 3. The smallest absolute Gasteiger partial charge is 0.246 e. The maximum atomic E-state index is 12.8. The minimum atomic E-state index is -0.581. The van der Waals surface area contributed by atoms with Gasteiger partial charge in [-0.2, -0.15) is 0 Å². The number of nitrogens with one attached hydrogen (secondary N) is 2. The Morgan fingerprint density at radius 2 is 1.85 bits per heavy atom. The van der Waals surface area contributed by atoms with Crippen LogP contribution < -0.4 is 16.4 Å². The van der Waals surface area contributed by atoms with Gasteiger partial charge in [0, 0.05) is 17.1 Å². The first-order chi connectivity index (χ1) is 12.5. The molecule has 0 aromatic heterocycles. The van der Waals surface area contributed by atoms with Gasteiger partial charge in [0.25, 0.3) is 0 Å². The third-order valence-electron chi connectivity index (χ3n) is 5.05. The molecule has 8 heteroatoms. The number of carbonyl (C=O) groups is 3. The molecule has 2 aliphatic rings. The molecule has 0 spiro atoms. The van der Waals surface area contributed by atoms with Crippen LogP contribution in [0.4, 0.5) is 0 Å². The SMILES string of the molecule is NCC(=O)N[C@H]1CCC2CCC(C(=O)NCc3ccc(Br)cc3)N2C1=O. The van der Waals surface area contributed by atoms with Gasteiger partial charge in [0.05, 0.1) is 6.54 Å². The fourth-order valence-electron chi connectivity index (χ4n) is 3.72. The van der Waals surface area contributed by atoms with Gasteiger partial charge >= 0.3 is 0 Å². The van der Waals surface area contributed by atoms with Crippen molar-refractivity contribution in [2.24, 2.45) is 5.73 Å². The summed E-state index contributed by atoms with van der Waals surface area (Å²) in [4.78, 5) is 38.6. The first kappa shape index (κ1) is 18.8. The highest BCUT2D eigenvalue weighted by atomic mass is 79.9. The van der Waals surface area contributed by atoms with E-state index in [1.807, 2.05) is 24.3 Å². The quantitative estimate of drug-likeness (QED) is 0.647. The number of fused-ring (bicyclic) bond motifs is 1. The molecule has 2 saturated heterocycles. The Labute approximate surface area is 160 Å². The van der Waals surface area contributed by atoms with Crippen LogP contribution in [0.15, 0.2) is 28.7 Å². The predicted molar refractivity (Wildman–Crippen MR) is 99.9 cm³/mol. The molecule has 0 aliphatic carbocycles. The Morgan fingerprint density at radius 1 is 1.15 bits per heavy atom. The second kappa shape index (κ2) is 8.18. The van der Waals surface area contributed by atoms with Gasteiger partial charge in [-0.25, -0.2) is 0 Å². The summed E-state index contributed by atoms with van der Waals surface area (Å²) in [5.74, 6) is -0.670. The van der Waals surface area contributed by atoms with Crippen molar-refractivity contribution in [2.75, 3.05) is 6.54 Å². The van der Waals surface area contributed by atoms with Crippen LogP contribution in [0, 0.1) is 0 Å². The maximum absolute atomic E-state index is 12.8. The normalized spacial score (nSPS) is 24.9. The molecular weight excluding hydrogens is 400 g/mol. The van der Waals surface area contributed by atoms with Gasteiger partial charge in [-0.3, -0.25) is 14.4 Å². The summed E-state index contributed by atoms with van der Waals surface area (Å²) in [7, 11) is 0. The minimum Gasteiger partial charge on any atom is -0.350 e. The number of piperidine rings is 1. The van der Waals surface area contributed by atoms with Gasteiger partial charge in [-0.1, -0.05) is 28.1 Å². The Morgan fingerprint density at radius 3 is 2.54 bits per heavy atom. The molecule has 3 amide bonds. The van der Waals surface area contributed by atoms with E-state index in [-0.39, 0.29) is 30.3 Å². The van der Waals surface area contributed by atoms with Crippen LogP contribution in [-0.4, -0.2) is 47.3 Å². The lowest BCUT2D eigenvalue weighted by Gasteiger charge is -2.37. The summed E-state index contributed by atoms with van der Waals surface area (Å²) in [6.07, 6.45) is 2.86. The highest BCUT2D eigenvalue weighted by Gasteiger charge is 2.46. The van der Waals surface area contributed by atoms with Crippen molar-refractivity contribution in [1.29, 1.82) is 0 Å².